The van der Waals surface area contributed by atoms with E-state index in [4.69, 9.17) is 10.5 Å². The van der Waals surface area contributed by atoms with Crippen molar-refractivity contribution in [3.05, 3.63) is 0 Å². The highest BCUT2D eigenvalue weighted by Crippen LogP contribution is 2.00. The molecule has 1 rings (SSSR count). The molecule has 5 nitrogen and oxygen atoms in total. The van der Waals surface area contributed by atoms with E-state index >= 15 is 0 Å². The van der Waals surface area contributed by atoms with Gasteiger partial charge in [0.05, 0.1) is 19.8 Å². The number of hydrogen-bond acceptors (Lipinski definition) is 4. The SMILES string of the molecule is CC(CN)CN(C)CC(=O)N1CCOCC1. The Morgan fingerprint density at radius 3 is 2.69 bits per heavy atom. The zero-order valence-corrected chi connectivity index (χ0v) is 10.3. The summed E-state index contributed by atoms with van der Waals surface area (Å²) in [4.78, 5) is 15.8. The van der Waals surface area contributed by atoms with Gasteiger partial charge in [0.1, 0.15) is 0 Å². The Hall–Kier alpha value is -0.650. The fourth-order valence-corrected chi connectivity index (χ4v) is 1.81. The molecule has 0 aromatic heterocycles. The number of ether oxygens (including phenoxy) is 1. The van der Waals surface area contributed by atoms with E-state index in [-0.39, 0.29) is 5.91 Å². The predicted octanol–water partition coefficient (Wildman–Crippen LogP) is -0.628. The lowest BCUT2D eigenvalue weighted by Gasteiger charge is -2.29. The largest absolute Gasteiger partial charge is 0.378 e. The molecule has 16 heavy (non-hydrogen) atoms. The molecule has 1 heterocycles. The van der Waals surface area contributed by atoms with Crippen molar-refractivity contribution in [2.45, 2.75) is 6.92 Å². The molecule has 0 radical (unpaired) electrons. The van der Waals surface area contributed by atoms with Crippen molar-refractivity contribution < 1.29 is 9.53 Å². The van der Waals surface area contributed by atoms with Crippen LogP contribution in [0.1, 0.15) is 6.92 Å². The molecule has 1 unspecified atom stereocenters. The van der Waals surface area contributed by atoms with Crippen molar-refractivity contribution in [3.8, 4) is 0 Å². The summed E-state index contributed by atoms with van der Waals surface area (Å²) in [6, 6.07) is 0. The van der Waals surface area contributed by atoms with E-state index < -0.39 is 0 Å². The summed E-state index contributed by atoms with van der Waals surface area (Å²) in [7, 11) is 1.96. The molecule has 0 aromatic rings. The summed E-state index contributed by atoms with van der Waals surface area (Å²) in [5.74, 6) is 0.623. The van der Waals surface area contributed by atoms with Crippen LogP contribution >= 0.6 is 0 Å². The van der Waals surface area contributed by atoms with Crippen LogP contribution in [0.3, 0.4) is 0 Å². The first-order valence-corrected chi connectivity index (χ1v) is 5.87. The topological polar surface area (TPSA) is 58.8 Å². The van der Waals surface area contributed by atoms with Crippen molar-refractivity contribution in [1.82, 2.24) is 9.80 Å². The molecule has 1 aliphatic heterocycles. The van der Waals surface area contributed by atoms with Crippen LogP contribution in [0.5, 0.6) is 0 Å². The van der Waals surface area contributed by atoms with Gasteiger partial charge in [-0.25, -0.2) is 0 Å². The van der Waals surface area contributed by atoms with Gasteiger partial charge in [0.2, 0.25) is 5.91 Å². The standard InChI is InChI=1S/C11H23N3O2/c1-10(7-12)8-13(2)9-11(15)14-3-5-16-6-4-14/h10H,3-9,12H2,1-2H3. The van der Waals surface area contributed by atoms with Gasteiger partial charge in [-0.2, -0.15) is 0 Å². The van der Waals surface area contributed by atoms with Crippen LogP contribution in [0, 0.1) is 5.92 Å². The van der Waals surface area contributed by atoms with E-state index in [0.717, 1.165) is 19.6 Å². The monoisotopic (exact) mass is 229 g/mol. The lowest BCUT2D eigenvalue weighted by atomic mass is 10.2. The Morgan fingerprint density at radius 1 is 1.50 bits per heavy atom. The maximum Gasteiger partial charge on any atom is 0.236 e. The highest BCUT2D eigenvalue weighted by Gasteiger charge is 2.18. The first kappa shape index (κ1) is 13.4. The highest BCUT2D eigenvalue weighted by molar-refractivity contribution is 5.78. The molecular weight excluding hydrogens is 206 g/mol. The Kier molecular flexibility index (Phi) is 5.73. The lowest BCUT2D eigenvalue weighted by molar-refractivity contribution is -0.136. The maximum absolute atomic E-state index is 11.9. The highest BCUT2D eigenvalue weighted by atomic mass is 16.5. The van der Waals surface area contributed by atoms with E-state index in [1.54, 1.807) is 0 Å². The van der Waals surface area contributed by atoms with E-state index in [1.165, 1.54) is 0 Å². The molecule has 2 N–H and O–H groups in total. The molecule has 1 atom stereocenters. The molecule has 1 fully saturated rings. The number of nitrogens with two attached hydrogens (primary N) is 1. The average molecular weight is 229 g/mol. The molecule has 0 aromatic carbocycles. The molecule has 0 spiro atoms. The van der Waals surface area contributed by atoms with Gasteiger partial charge in [0.25, 0.3) is 0 Å². The van der Waals surface area contributed by atoms with Gasteiger partial charge in [0, 0.05) is 19.6 Å². The van der Waals surface area contributed by atoms with Gasteiger partial charge in [-0.3, -0.25) is 9.69 Å². The van der Waals surface area contributed by atoms with Crippen molar-refractivity contribution >= 4 is 5.91 Å². The van der Waals surface area contributed by atoms with Crippen molar-refractivity contribution in [2.75, 3.05) is 53.0 Å². The summed E-state index contributed by atoms with van der Waals surface area (Å²) >= 11 is 0. The van der Waals surface area contributed by atoms with Gasteiger partial charge in [-0.15, -0.1) is 0 Å². The minimum Gasteiger partial charge on any atom is -0.378 e. The average Bonchev–Trinajstić information content (AvgIpc) is 2.29. The predicted molar refractivity (Wildman–Crippen MR) is 63.1 cm³/mol. The quantitative estimate of drug-likeness (QED) is 0.682. The van der Waals surface area contributed by atoms with Crippen LogP contribution in [-0.4, -0.2) is 68.7 Å². The van der Waals surface area contributed by atoms with E-state index in [2.05, 4.69) is 6.92 Å². The Morgan fingerprint density at radius 2 is 2.12 bits per heavy atom. The van der Waals surface area contributed by atoms with Crippen LogP contribution in [-0.2, 0) is 9.53 Å². The fourth-order valence-electron chi connectivity index (χ4n) is 1.81. The maximum atomic E-state index is 11.9. The number of carbonyl (C=O) groups is 1. The van der Waals surface area contributed by atoms with Crippen LogP contribution in [0.25, 0.3) is 0 Å². The normalized spacial score (nSPS) is 18.9. The summed E-state index contributed by atoms with van der Waals surface area (Å²) in [6.45, 7) is 6.87. The van der Waals surface area contributed by atoms with E-state index in [0.29, 0.717) is 32.2 Å². The van der Waals surface area contributed by atoms with Crippen molar-refractivity contribution in [3.63, 3.8) is 0 Å². The van der Waals surface area contributed by atoms with E-state index in [1.807, 2.05) is 16.8 Å². The van der Waals surface area contributed by atoms with Crippen LogP contribution in [0.2, 0.25) is 0 Å². The summed E-state index contributed by atoms with van der Waals surface area (Å²) in [5, 5.41) is 0. The first-order chi connectivity index (χ1) is 7.63. The number of rotatable bonds is 5. The number of nitrogens with zero attached hydrogens (tertiary/aromatic N) is 2. The van der Waals surface area contributed by atoms with Crippen LogP contribution in [0.15, 0.2) is 0 Å². The summed E-state index contributed by atoms with van der Waals surface area (Å²) < 4.78 is 5.21. The zero-order valence-electron chi connectivity index (χ0n) is 10.3. The second kappa shape index (κ2) is 6.83. The molecular formula is C11H23N3O2. The molecule has 1 amide bonds. The third-order valence-electron chi connectivity index (χ3n) is 2.79. The van der Waals surface area contributed by atoms with Gasteiger partial charge in [-0.1, -0.05) is 6.92 Å². The van der Waals surface area contributed by atoms with Gasteiger partial charge >= 0.3 is 0 Å². The minimum atomic E-state index is 0.190. The number of amides is 1. The smallest absolute Gasteiger partial charge is 0.236 e. The molecule has 0 aliphatic carbocycles. The van der Waals surface area contributed by atoms with Gasteiger partial charge < -0.3 is 15.4 Å². The Bertz CT molecular complexity index is 217. The van der Waals surface area contributed by atoms with Gasteiger partial charge in [-0.05, 0) is 19.5 Å². The second-order valence-electron chi connectivity index (χ2n) is 4.53. The fraction of sp³-hybridized carbons (Fsp3) is 0.909. The number of hydrogen-bond donors (Lipinski definition) is 1. The minimum absolute atomic E-state index is 0.190. The molecule has 0 bridgehead atoms. The molecule has 5 heteroatoms. The molecule has 0 saturated carbocycles. The van der Waals surface area contributed by atoms with Crippen molar-refractivity contribution in [2.24, 2.45) is 11.7 Å². The number of likely N-dealkylation sites (N-methyl/N-ethyl adjacent to an activating group) is 1. The molecule has 1 saturated heterocycles. The van der Waals surface area contributed by atoms with Crippen LogP contribution in [0.4, 0.5) is 0 Å². The number of carbonyl (C=O) groups excluding carboxylic acids is 1. The number of morpholine rings is 1. The first-order valence-electron chi connectivity index (χ1n) is 5.87. The van der Waals surface area contributed by atoms with E-state index in [9.17, 15) is 4.79 Å². The Balaban J connectivity index is 2.26. The van der Waals surface area contributed by atoms with Gasteiger partial charge in [0.15, 0.2) is 0 Å². The lowest BCUT2D eigenvalue weighted by Crippen LogP contribution is -2.45. The van der Waals surface area contributed by atoms with Crippen LogP contribution < -0.4 is 5.73 Å². The second-order valence-corrected chi connectivity index (χ2v) is 4.53. The zero-order chi connectivity index (χ0) is 12.0. The third kappa shape index (κ3) is 4.47. The molecule has 1 aliphatic rings. The third-order valence-corrected chi connectivity index (χ3v) is 2.79. The van der Waals surface area contributed by atoms with Crippen molar-refractivity contribution in [1.29, 1.82) is 0 Å². The summed E-state index contributed by atoms with van der Waals surface area (Å²) in [6.07, 6.45) is 0. The molecule has 94 valence electrons. The Labute approximate surface area is 97.5 Å². The summed E-state index contributed by atoms with van der Waals surface area (Å²) in [5.41, 5.74) is 5.56.